The molecule has 9 nitrogen and oxygen atoms in total. The summed E-state index contributed by atoms with van der Waals surface area (Å²) in [7, 11) is 0. The molecular weight excluding hydrogens is 284 g/mol. The van der Waals surface area contributed by atoms with E-state index in [1.807, 2.05) is 0 Å². The standard InChI is InChI=1S/C10H14N6O3S/c1-3-5(17)6(18)9(19-3)16-2-13-4-7(16)14-10(11)15-8(4)20-12/h2-3,5-6,9,17-18H,12H2,1H3,(H2,11,14,15)/t3-,5-,6-,9-/m1/s1. The maximum Gasteiger partial charge on any atom is 0.223 e. The number of nitrogens with zero attached hydrogens (tertiary/aromatic N) is 4. The van der Waals surface area contributed by atoms with Gasteiger partial charge in [-0.1, -0.05) is 0 Å². The lowest BCUT2D eigenvalue weighted by molar-refractivity contribution is -0.0299. The van der Waals surface area contributed by atoms with Crippen LogP contribution in [0.5, 0.6) is 0 Å². The zero-order valence-corrected chi connectivity index (χ0v) is 11.4. The third-order valence-corrected chi connectivity index (χ3v) is 3.78. The predicted octanol–water partition coefficient (Wildman–Crippen LogP) is -0.987. The van der Waals surface area contributed by atoms with Crippen LogP contribution in [0.15, 0.2) is 11.4 Å². The average molecular weight is 298 g/mol. The van der Waals surface area contributed by atoms with Gasteiger partial charge in [-0.15, -0.1) is 0 Å². The lowest BCUT2D eigenvalue weighted by Gasteiger charge is -2.16. The molecule has 0 saturated carbocycles. The van der Waals surface area contributed by atoms with Gasteiger partial charge in [-0.3, -0.25) is 9.71 Å². The molecule has 3 rings (SSSR count). The number of nitrogens with two attached hydrogens (primary N) is 2. The van der Waals surface area contributed by atoms with Crippen molar-refractivity contribution in [1.82, 2.24) is 19.5 Å². The van der Waals surface area contributed by atoms with Crippen molar-refractivity contribution in [3.05, 3.63) is 6.33 Å². The van der Waals surface area contributed by atoms with Crippen molar-refractivity contribution in [3.8, 4) is 0 Å². The number of hydrogen-bond acceptors (Lipinski definition) is 9. The number of nitrogen functional groups attached to an aromatic ring is 1. The van der Waals surface area contributed by atoms with Gasteiger partial charge in [0.25, 0.3) is 0 Å². The molecule has 0 unspecified atom stereocenters. The second-order valence-electron chi connectivity index (χ2n) is 4.54. The van der Waals surface area contributed by atoms with Crippen LogP contribution in [-0.4, -0.2) is 48.0 Å². The minimum Gasteiger partial charge on any atom is -0.388 e. The topological polar surface area (TPSA) is 145 Å². The third-order valence-electron chi connectivity index (χ3n) is 3.27. The van der Waals surface area contributed by atoms with Crippen molar-refractivity contribution in [2.45, 2.75) is 36.5 Å². The Morgan fingerprint density at radius 1 is 1.35 bits per heavy atom. The van der Waals surface area contributed by atoms with E-state index in [2.05, 4.69) is 15.0 Å². The molecule has 1 fully saturated rings. The van der Waals surface area contributed by atoms with Crippen LogP contribution in [-0.2, 0) is 4.74 Å². The Kier molecular flexibility index (Phi) is 3.26. The summed E-state index contributed by atoms with van der Waals surface area (Å²) in [6.07, 6.45) is -1.87. The fourth-order valence-electron chi connectivity index (χ4n) is 2.23. The summed E-state index contributed by atoms with van der Waals surface area (Å²) < 4.78 is 7.05. The molecule has 1 saturated heterocycles. The second kappa shape index (κ2) is 4.82. The maximum absolute atomic E-state index is 10.0. The highest BCUT2D eigenvalue weighted by molar-refractivity contribution is 7.97. The molecule has 20 heavy (non-hydrogen) atoms. The number of ether oxygens (including phenoxy) is 1. The first-order chi connectivity index (χ1) is 9.52. The molecule has 0 spiro atoms. The van der Waals surface area contributed by atoms with E-state index in [1.54, 1.807) is 6.92 Å². The highest BCUT2D eigenvalue weighted by Gasteiger charge is 2.42. The van der Waals surface area contributed by atoms with Gasteiger partial charge in [-0.2, -0.15) is 4.98 Å². The fourth-order valence-corrected chi connectivity index (χ4v) is 2.63. The smallest absolute Gasteiger partial charge is 0.223 e. The summed E-state index contributed by atoms with van der Waals surface area (Å²) in [4.78, 5) is 12.3. The Hall–Kier alpha value is -1.46. The zero-order valence-electron chi connectivity index (χ0n) is 10.5. The van der Waals surface area contributed by atoms with Crippen LogP contribution >= 0.6 is 11.9 Å². The van der Waals surface area contributed by atoms with Crippen molar-refractivity contribution < 1.29 is 14.9 Å². The van der Waals surface area contributed by atoms with Crippen LogP contribution in [0.2, 0.25) is 0 Å². The summed E-state index contributed by atoms with van der Waals surface area (Å²) in [6.45, 7) is 1.68. The number of hydrogen-bond donors (Lipinski definition) is 4. The Morgan fingerprint density at radius 2 is 2.10 bits per heavy atom. The molecule has 10 heteroatoms. The number of aliphatic hydroxyl groups excluding tert-OH is 2. The van der Waals surface area contributed by atoms with E-state index >= 15 is 0 Å². The number of aromatic nitrogens is 4. The SMILES string of the molecule is C[C@H]1O[C@@H](n2cnc3c(SN)nc(N)nc32)[C@H](O)[C@@H]1O. The van der Waals surface area contributed by atoms with E-state index in [1.165, 1.54) is 10.9 Å². The van der Waals surface area contributed by atoms with Crippen molar-refractivity contribution in [3.63, 3.8) is 0 Å². The van der Waals surface area contributed by atoms with Crippen LogP contribution in [0.1, 0.15) is 13.2 Å². The minimum atomic E-state index is -1.08. The number of anilines is 1. The predicted molar refractivity (Wildman–Crippen MR) is 71.4 cm³/mol. The molecule has 6 N–H and O–H groups in total. The molecule has 2 aromatic heterocycles. The molecule has 0 aromatic carbocycles. The highest BCUT2D eigenvalue weighted by atomic mass is 32.2. The van der Waals surface area contributed by atoms with Crippen LogP contribution in [0, 0.1) is 0 Å². The molecule has 2 aromatic rings. The molecule has 0 amide bonds. The lowest BCUT2D eigenvalue weighted by Crippen LogP contribution is -2.30. The first kappa shape index (κ1) is 13.5. The average Bonchev–Trinajstić information content (AvgIpc) is 2.94. The Bertz CT molecular complexity index is 649. The first-order valence-electron chi connectivity index (χ1n) is 5.91. The first-order valence-corrected chi connectivity index (χ1v) is 6.79. The van der Waals surface area contributed by atoms with E-state index in [0.29, 0.717) is 16.2 Å². The van der Waals surface area contributed by atoms with Gasteiger partial charge in [0.2, 0.25) is 5.95 Å². The number of imidazole rings is 1. The monoisotopic (exact) mass is 298 g/mol. The van der Waals surface area contributed by atoms with Gasteiger partial charge in [0, 0.05) is 0 Å². The molecule has 0 radical (unpaired) electrons. The normalized spacial score (nSPS) is 30.2. The number of aliphatic hydroxyl groups is 2. The Labute approximate surface area is 118 Å². The largest absolute Gasteiger partial charge is 0.388 e. The highest BCUT2D eigenvalue weighted by Crippen LogP contribution is 2.32. The molecule has 4 atom stereocenters. The van der Waals surface area contributed by atoms with Gasteiger partial charge >= 0.3 is 0 Å². The zero-order chi connectivity index (χ0) is 14.4. The lowest BCUT2D eigenvalue weighted by atomic mass is 10.1. The van der Waals surface area contributed by atoms with Crippen LogP contribution in [0.4, 0.5) is 5.95 Å². The van der Waals surface area contributed by atoms with Gasteiger partial charge in [0.05, 0.1) is 12.4 Å². The summed E-state index contributed by atoms with van der Waals surface area (Å²) in [5.41, 5.74) is 6.50. The van der Waals surface area contributed by atoms with Crippen LogP contribution in [0.3, 0.4) is 0 Å². The molecule has 3 heterocycles. The number of fused-ring (bicyclic) bond motifs is 1. The summed E-state index contributed by atoms with van der Waals surface area (Å²) in [6, 6.07) is 0. The van der Waals surface area contributed by atoms with E-state index in [-0.39, 0.29) is 5.95 Å². The summed E-state index contributed by atoms with van der Waals surface area (Å²) in [5, 5.41) is 25.8. The van der Waals surface area contributed by atoms with Crippen molar-refractivity contribution in [2.24, 2.45) is 5.14 Å². The van der Waals surface area contributed by atoms with Gasteiger partial charge in [0.1, 0.15) is 22.8 Å². The quantitative estimate of drug-likeness (QED) is 0.405. The molecule has 0 aliphatic carbocycles. The van der Waals surface area contributed by atoms with Gasteiger partial charge < -0.3 is 20.7 Å². The Morgan fingerprint density at radius 3 is 2.70 bits per heavy atom. The van der Waals surface area contributed by atoms with Gasteiger partial charge in [0.15, 0.2) is 11.9 Å². The van der Waals surface area contributed by atoms with Gasteiger partial charge in [-0.05, 0) is 18.9 Å². The van der Waals surface area contributed by atoms with Gasteiger partial charge in [-0.25, -0.2) is 9.97 Å². The van der Waals surface area contributed by atoms with E-state index in [4.69, 9.17) is 15.6 Å². The summed E-state index contributed by atoms with van der Waals surface area (Å²) in [5.74, 6) is 0.0493. The van der Waals surface area contributed by atoms with E-state index < -0.39 is 24.5 Å². The van der Waals surface area contributed by atoms with E-state index in [9.17, 15) is 10.2 Å². The fraction of sp³-hybridized carbons (Fsp3) is 0.500. The van der Waals surface area contributed by atoms with Crippen molar-refractivity contribution in [2.75, 3.05) is 5.73 Å². The minimum absolute atomic E-state index is 0.0493. The molecule has 108 valence electrons. The molecular formula is C10H14N6O3S. The van der Waals surface area contributed by atoms with Crippen molar-refractivity contribution in [1.29, 1.82) is 0 Å². The van der Waals surface area contributed by atoms with Crippen LogP contribution < -0.4 is 10.9 Å². The maximum atomic E-state index is 10.0. The summed E-state index contributed by atoms with van der Waals surface area (Å²) >= 11 is 0.911. The molecule has 0 bridgehead atoms. The van der Waals surface area contributed by atoms with Crippen LogP contribution in [0.25, 0.3) is 11.2 Å². The third kappa shape index (κ3) is 1.93. The molecule has 1 aliphatic heterocycles. The molecule has 1 aliphatic rings. The van der Waals surface area contributed by atoms with E-state index in [0.717, 1.165) is 11.9 Å². The number of rotatable bonds is 2. The van der Waals surface area contributed by atoms with Crippen molar-refractivity contribution >= 4 is 29.1 Å². The second-order valence-corrected chi connectivity index (χ2v) is 5.16. The Balaban J connectivity index is 2.11.